The topological polar surface area (TPSA) is 66.0 Å². The summed E-state index contributed by atoms with van der Waals surface area (Å²) in [4.78, 5) is 24.5. The fourth-order valence-electron chi connectivity index (χ4n) is 6.27. The van der Waals surface area contributed by atoms with Crippen LogP contribution in [-0.2, 0) is 30.5 Å². The van der Waals surface area contributed by atoms with Gasteiger partial charge in [-0.2, -0.15) is 0 Å². The number of fused-ring (bicyclic) bond motifs is 2. The maximum Gasteiger partial charge on any atom is 0.224 e. The summed E-state index contributed by atoms with van der Waals surface area (Å²) in [7, 11) is 0. The van der Waals surface area contributed by atoms with Crippen molar-refractivity contribution in [1.82, 2.24) is 5.32 Å². The molecule has 4 heterocycles. The second-order valence-corrected chi connectivity index (χ2v) is 9.91. The number of carbonyl (C=O) groups excluding carboxylic acids is 1. The number of amides is 1. The van der Waals surface area contributed by atoms with E-state index < -0.39 is 17.7 Å². The molecule has 1 aliphatic carbocycles. The van der Waals surface area contributed by atoms with E-state index in [0.717, 1.165) is 24.8 Å². The van der Waals surface area contributed by atoms with Gasteiger partial charge in [-0.25, -0.2) is 9.78 Å². The normalized spacial score (nSPS) is 44.8. The lowest BCUT2D eigenvalue weighted by molar-refractivity contribution is -0.570. The molecule has 164 valence electrons. The quantitative estimate of drug-likeness (QED) is 0.762. The lowest BCUT2D eigenvalue weighted by atomic mass is 9.57. The van der Waals surface area contributed by atoms with Gasteiger partial charge in [0.05, 0.1) is 12.5 Å². The van der Waals surface area contributed by atoms with Crippen molar-refractivity contribution in [3.05, 3.63) is 35.9 Å². The van der Waals surface area contributed by atoms with Crippen molar-refractivity contribution in [2.45, 2.75) is 76.7 Å². The molecular weight excluding hydrogens is 382 g/mol. The monoisotopic (exact) mass is 415 g/mol. The summed E-state index contributed by atoms with van der Waals surface area (Å²) in [6.07, 6.45) is 3.90. The van der Waals surface area contributed by atoms with Crippen LogP contribution in [0.3, 0.4) is 0 Å². The zero-order valence-electron chi connectivity index (χ0n) is 18.1. The first-order valence-electron chi connectivity index (χ1n) is 11.4. The van der Waals surface area contributed by atoms with Crippen molar-refractivity contribution in [1.29, 1.82) is 0 Å². The Labute approximate surface area is 178 Å². The molecule has 1 aromatic rings. The van der Waals surface area contributed by atoms with Crippen molar-refractivity contribution < 1.29 is 24.0 Å². The molecule has 6 rings (SSSR count). The molecule has 1 amide bonds. The third-order valence-corrected chi connectivity index (χ3v) is 8.00. The molecule has 30 heavy (non-hydrogen) atoms. The van der Waals surface area contributed by atoms with Gasteiger partial charge >= 0.3 is 0 Å². The summed E-state index contributed by atoms with van der Waals surface area (Å²) >= 11 is 0. The average Bonchev–Trinajstić information content (AvgIpc) is 2.96. The molecule has 1 aromatic carbocycles. The molecule has 4 aliphatic heterocycles. The lowest BCUT2D eigenvalue weighted by Gasteiger charge is -2.60. The molecular formula is C24H33NO5. The maximum absolute atomic E-state index is 12.5. The van der Waals surface area contributed by atoms with Crippen LogP contribution < -0.4 is 5.32 Å². The SMILES string of the molecule is C[C@H]1[C@@H](CNC(=O)Cc2ccccc2)O[C@@H]2O[C@@]3(C)CC[C@H]4[C@H](C)CC[C@@H]1[C@@]24OO3. The van der Waals surface area contributed by atoms with Crippen LogP contribution in [0.2, 0.25) is 0 Å². The average molecular weight is 416 g/mol. The molecule has 6 nitrogen and oxygen atoms in total. The summed E-state index contributed by atoms with van der Waals surface area (Å²) in [6, 6.07) is 9.81. The maximum atomic E-state index is 12.5. The van der Waals surface area contributed by atoms with Crippen molar-refractivity contribution >= 4 is 5.91 Å². The Morgan fingerprint density at radius 1 is 1.10 bits per heavy atom. The van der Waals surface area contributed by atoms with Gasteiger partial charge < -0.3 is 14.8 Å². The Kier molecular flexibility index (Phi) is 5.17. The molecule has 8 atom stereocenters. The highest BCUT2D eigenvalue weighted by atomic mass is 17.3. The molecule has 0 radical (unpaired) electrons. The Hall–Kier alpha value is -1.47. The van der Waals surface area contributed by atoms with E-state index in [1.807, 2.05) is 37.3 Å². The van der Waals surface area contributed by atoms with E-state index >= 15 is 0 Å². The van der Waals surface area contributed by atoms with E-state index in [-0.39, 0.29) is 23.8 Å². The summed E-state index contributed by atoms with van der Waals surface area (Å²) in [5.74, 6) is 0.691. The number of hydrogen-bond donors (Lipinski definition) is 1. The molecule has 6 heteroatoms. The minimum Gasteiger partial charge on any atom is -0.353 e. The second-order valence-electron chi connectivity index (χ2n) is 9.91. The van der Waals surface area contributed by atoms with E-state index in [1.54, 1.807) is 0 Å². The van der Waals surface area contributed by atoms with Gasteiger partial charge in [0.1, 0.15) is 0 Å². The van der Waals surface area contributed by atoms with E-state index in [4.69, 9.17) is 19.2 Å². The molecule has 1 N–H and O–H groups in total. The van der Waals surface area contributed by atoms with Gasteiger partial charge in [-0.3, -0.25) is 4.79 Å². The van der Waals surface area contributed by atoms with Crippen LogP contribution in [0.15, 0.2) is 30.3 Å². The van der Waals surface area contributed by atoms with Gasteiger partial charge in [-0.15, -0.1) is 0 Å². The van der Waals surface area contributed by atoms with Gasteiger partial charge in [0, 0.05) is 18.9 Å². The summed E-state index contributed by atoms with van der Waals surface area (Å²) in [6.45, 7) is 6.96. The van der Waals surface area contributed by atoms with Gasteiger partial charge in [-0.05, 0) is 49.5 Å². The molecule has 1 saturated carbocycles. The second kappa shape index (κ2) is 7.59. The standard InChI is InChI=1S/C24H33NO5/c1-15-9-10-19-16(2)20(14-25-21(26)13-17-7-5-4-6-8-17)27-22-24(19)18(15)11-12-23(3,28-22)29-30-24/h4-8,15-16,18-20,22H,9-14H2,1-3H3,(H,25,26)/t15-,16-,18+,19+,20-,22-,23-,24-/m1/s1. The predicted molar refractivity (Wildman–Crippen MR) is 110 cm³/mol. The third kappa shape index (κ3) is 3.29. The predicted octanol–water partition coefficient (Wildman–Crippen LogP) is 3.60. The van der Waals surface area contributed by atoms with Crippen LogP contribution in [-0.4, -0.2) is 36.2 Å². The van der Waals surface area contributed by atoms with Crippen molar-refractivity contribution in [2.24, 2.45) is 23.7 Å². The van der Waals surface area contributed by atoms with Gasteiger partial charge in [-0.1, -0.05) is 44.2 Å². The van der Waals surface area contributed by atoms with Crippen molar-refractivity contribution in [3.8, 4) is 0 Å². The van der Waals surface area contributed by atoms with Crippen LogP contribution in [0, 0.1) is 23.7 Å². The van der Waals surface area contributed by atoms with E-state index in [9.17, 15) is 4.79 Å². The van der Waals surface area contributed by atoms with Crippen molar-refractivity contribution in [3.63, 3.8) is 0 Å². The highest BCUT2D eigenvalue weighted by molar-refractivity contribution is 5.78. The van der Waals surface area contributed by atoms with Gasteiger partial charge in [0.2, 0.25) is 11.7 Å². The van der Waals surface area contributed by atoms with Gasteiger partial charge in [0.15, 0.2) is 11.9 Å². The fraction of sp³-hybridized carbons (Fsp3) is 0.708. The largest absolute Gasteiger partial charge is 0.353 e. The first-order chi connectivity index (χ1) is 14.4. The first-order valence-corrected chi connectivity index (χ1v) is 11.4. The number of rotatable bonds is 4. The van der Waals surface area contributed by atoms with E-state index in [2.05, 4.69) is 19.2 Å². The van der Waals surface area contributed by atoms with Crippen LogP contribution in [0.1, 0.15) is 52.0 Å². The number of carbonyl (C=O) groups is 1. The summed E-state index contributed by atoms with van der Waals surface area (Å²) in [5.41, 5.74) is 0.469. The van der Waals surface area contributed by atoms with Crippen LogP contribution in [0.5, 0.6) is 0 Å². The van der Waals surface area contributed by atoms with Crippen LogP contribution >= 0.6 is 0 Å². The third-order valence-electron chi connectivity index (χ3n) is 8.00. The first kappa shape index (κ1) is 20.4. The van der Waals surface area contributed by atoms with Crippen molar-refractivity contribution in [2.75, 3.05) is 6.54 Å². The zero-order valence-corrected chi connectivity index (χ0v) is 18.1. The number of hydrogen-bond acceptors (Lipinski definition) is 5. The van der Waals surface area contributed by atoms with Crippen LogP contribution in [0.25, 0.3) is 0 Å². The molecule has 5 fully saturated rings. The zero-order chi connectivity index (χ0) is 20.9. The minimum atomic E-state index is -0.765. The Balaban J connectivity index is 1.32. The molecule has 5 aliphatic rings. The highest BCUT2D eigenvalue weighted by Gasteiger charge is 2.69. The Morgan fingerprint density at radius 3 is 2.70 bits per heavy atom. The fourth-order valence-corrected chi connectivity index (χ4v) is 6.27. The molecule has 4 saturated heterocycles. The smallest absolute Gasteiger partial charge is 0.224 e. The van der Waals surface area contributed by atoms with Gasteiger partial charge in [0.25, 0.3) is 0 Å². The van der Waals surface area contributed by atoms with E-state index in [0.29, 0.717) is 24.8 Å². The lowest BCUT2D eigenvalue weighted by Crippen LogP contribution is -2.71. The minimum absolute atomic E-state index is 0.0160. The Bertz CT molecular complexity index is 787. The highest BCUT2D eigenvalue weighted by Crippen LogP contribution is 2.60. The van der Waals surface area contributed by atoms with Crippen LogP contribution in [0.4, 0.5) is 0 Å². The number of ether oxygens (including phenoxy) is 2. The molecule has 1 spiro atoms. The number of nitrogens with one attached hydrogen (secondary N) is 1. The Morgan fingerprint density at radius 2 is 1.90 bits per heavy atom. The summed E-state index contributed by atoms with van der Waals surface area (Å²) in [5, 5.41) is 3.08. The van der Waals surface area contributed by atoms with E-state index in [1.165, 1.54) is 6.42 Å². The number of benzene rings is 1. The summed E-state index contributed by atoms with van der Waals surface area (Å²) < 4.78 is 12.9. The molecule has 0 unspecified atom stereocenters. The molecule has 0 aromatic heterocycles. The molecule has 2 bridgehead atoms.